The SMILES string of the molecule is CN(C)CCOc1ccc(Nc2ccc(O)cc2)cc1. The van der Waals surface area contributed by atoms with Gasteiger partial charge in [-0.3, -0.25) is 0 Å². The number of phenols is 1. The van der Waals surface area contributed by atoms with Gasteiger partial charge in [0.2, 0.25) is 0 Å². The van der Waals surface area contributed by atoms with E-state index in [1.807, 2.05) is 50.5 Å². The van der Waals surface area contributed by atoms with E-state index in [0.29, 0.717) is 6.61 Å². The predicted octanol–water partition coefficient (Wildman–Crippen LogP) is 3.08. The van der Waals surface area contributed by atoms with Crippen LogP contribution in [0.15, 0.2) is 48.5 Å². The van der Waals surface area contributed by atoms with E-state index in [1.165, 1.54) is 0 Å². The Kier molecular flexibility index (Phi) is 4.85. The van der Waals surface area contributed by atoms with Crippen LogP contribution in [0, 0.1) is 0 Å². The molecule has 2 aromatic carbocycles. The van der Waals surface area contributed by atoms with Crippen LogP contribution in [0.2, 0.25) is 0 Å². The molecule has 0 fully saturated rings. The molecular formula is C16H20N2O2. The topological polar surface area (TPSA) is 44.7 Å². The number of nitrogens with zero attached hydrogens (tertiary/aromatic N) is 1. The number of aromatic hydroxyl groups is 1. The second kappa shape index (κ2) is 6.82. The van der Waals surface area contributed by atoms with Crippen molar-refractivity contribution in [3.8, 4) is 11.5 Å². The first-order valence-electron chi connectivity index (χ1n) is 6.57. The summed E-state index contributed by atoms with van der Waals surface area (Å²) in [6.45, 7) is 1.57. The predicted molar refractivity (Wildman–Crippen MR) is 81.9 cm³/mol. The van der Waals surface area contributed by atoms with E-state index in [1.54, 1.807) is 12.1 Å². The molecule has 0 saturated heterocycles. The summed E-state index contributed by atoms with van der Waals surface area (Å²) in [5, 5.41) is 12.5. The molecule has 4 heteroatoms. The van der Waals surface area contributed by atoms with Crippen LogP contribution in [-0.2, 0) is 0 Å². The number of nitrogens with one attached hydrogen (secondary N) is 1. The average molecular weight is 272 g/mol. The van der Waals surface area contributed by atoms with Gasteiger partial charge in [0.25, 0.3) is 0 Å². The average Bonchev–Trinajstić information content (AvgIpc) is 2.43. The first-order chi connectivity index (χ1) is 9.63. The van der Waals surface area contributed by atoms with Crippen LogP contribution in [0.3, 0.4) is 0 Å². The highest BCUT2D eigenvalue weighted by molar-refractivity contribution is 5.60. The molecule has 0 spiro atoms. The highest BCUT2D eigenvalue weighted by atomic mass is 16.5. The third-order valence-electron chi connectivity index (χ3n) is 2.82. The first kappa shape index (κ1) is 14.2. The summed E-state index contributed by atoms with van der Waals surface area (Å²) in [4.78, 5) is 2.08. The van der Waals surface area contributed by atoms with Crippen molar-refractivity contribution in [1.29, 1.82) is 0 Å². The second-order valence-electron chi connectivity index (χ2n) is 4.85. The Morgan fingerprint density at radius 3 is 2.05 bits per heavy atom. The lowest BCUT2D eigenvalue weighted by Gasteiger charge is -2.12. The van der Waals surface area contributed by atoms with Gasteiger partial charge >= 0.3 is 0 Å². The Balaban J connectivity index is 1.89. The summed E-state index contributed by atoms with van der Waals surface area (Å²) < 4.78 is 5.64. The monoisotopic (exact) mass is 272 g/mol. The molecule has 0 bridgehead atoms. The van der Waals surface area contributed by atoms with Gasteiger partial charge in [-0.05, 0) is 62.6 Å². The van der Waals surface area contributed by atoms with Crippen molar-refractivity contribution in [2.45, 2.75) is 0 Å². The molecule has 0 unspecified atom stereocenters. The van der Waals surface area contributed by atoms with Gasteiger partial charge in [-0.1, -0.05) is 0 Å². The molecule has 2 N–H and O–H groups in total. The molecule has 20 heavy (non-hydrogen) atoms. The molecule has 0 atom stereocenters. The standard InChI is InChI=1S/C16H20N2O2/c1-18(2)11-12-20-16-9-5-14(6-10-16)17-13-3-7-15(19)8-4-13/h3-10,17,19H,11-12H2,1-2H3. The van der Waals surface area contributed by atoms with Gasteiger partial charge in [-0.15, -0.1) is 0 Å². The summed E-state index contributed by atoms with van der Waals surface area (Å²) in [7, 11) is 4.04. The van der Waals surface area contributed by atoms with E-state index in [9.17, 15) is 5.11 Å². The molecule has 0 radical (unpaired) electrons. The minimum atomic E-state index is 0.264. The van der Waals surface area contributed by atoms with Gasteiger partial charge < -0.3 is 20.1 Å². The molecule has 0 amide bonds. The third kappa shape index (κ3) is 4.48. The fourth-order valence-electron chi connectivity index (χ4n) is 1.69. The van der Waals surface area contributed by atoms with Crippen molar-refractivity contribution in [3.05, 3.63) is 48.5 Å². The number of benzene rings is 2. The number of likely N-dealkylation sites (N-methyl/N-ethyl adjacent to an activating group) is 1. The van der Waals surface area contributed by atoms with Gasteiger partial charge in [-0.2, -0.15) is 0 Å². The van der Waals surface area contributed by atoms with Crippen LogP contribution in [0.1, 0.15) is 0 Å². The number of ether oxygens (including phenoxy) is 1. The van der Waals surface area contributed by atoms with Crippen LogP contribution in [0.25, 0.3) is 0 Å². The molecule has 4 nitrogen and oxygen atoms in total. The van der Waals surface area contributed by atoms with E-state index in [-0.39, 0.29) is 5.75 Å². The van der Waals surface area contributed by atoms with Crippen LogP contribution < -0.4 is 10.1 Å². The molecule has 0 aromatic heterocycles. The Hall–Kier alpha value is -2.20. The van der Waals surface area contributed by atoms with Gasteiger partial charge in [0.05, 0.1) is 0 Å². The maximum Gasteiger partial charge on any atom is 0.119 e. The van der Waals surface area contributed by atoms with Gasteiger partial charge in [0, 0.05) is 17.9 Å². The number of phenolic OH excluding ortho intramolecular Hbond substituents is 1. The zero-order valence-corrected chi connectivity index (χ0v) is 11.8. The molecule has 2 aromatic rings. The van der Waals surface area contributed by atoms with Crippen molar-refractivity contribution in [3.63, 3.8) is 0 Å². The maximum atomic E-state index is 9.23. The lowest BCUT2D eigenvalue weighted by molar-refractivity contribution is 0.261. The lowest BCUT2D eigenvalue weighted by Crippen LogP contribution is -2.19. The highest BCUT2D eigenvalue weighted by Gasteiger charge is 1.98. The molecule has 2 rings (SSSR count). The van der Waals surface area contributed by atoms with Gasteiger partial charge in [-0.25, -0.2) is 0 Å². The summed E-state index contributed by atoms with van der Waals surface area (Å²) >= 11 is 0. The van der Waals surface area contributed by atoms with E-state index in [0.717, 1.165) is 23.7 Å². The van der Waals surface area contributed by atoms with Gasteiger partial charge in [0.15, 0.2) is 0 Å². The van der Waals surface area contributed by atoms with E-state index < -0.39 is 0 Å². The fraction of sp³-hybridized carbons (Fsp3) is 0.250. The second-order valence-corrected chi connectivity index (χ2v) is 4.85. The number of hydrogen-bond donors (Lipinski definition) is 2. The Morgan fingerprint density at radius 1 is 0.950 bits per heavy atom. The van der Waals surface area contributed by atoms with Crippen molar-refractivity contribution in [2.24, 2.45) is 0 Å². The molecule has 0 heterocycles. The van der Waals surface area contributed by atoms with Crippen molar-refractivity contribution >= 4 is 11.4 Å². The summed E-state index contributed by atoms with van der Waals surface area (Å²) in [6, 6.07) is 14.8. The molecule has 0 aliphatic rings. The fourth-order valence-corrected chi connectivity index (χ4v) is 1.69. The quantitative estimate of drug-likeness (QED) is 0.793. The number of anilines is 2. The molecule has 0 aliphatic heterocycles. The Bertz CT molecular complexity index is 521. The minimum absolute atomic E-state index is 0.264. The molecule has 0 saturated carbocycles. The largest absolute Gasteiger partial charge is 0.508 e. The van der Waals surface area contributed by atoms with Crippen LogP contribution in [-0.4, -0.2) is 37.3 Å². The van der Waals surface area contributed by atoms with Gasteiger partial charge in [0.1, 0.15) is 18.1 Å². The molecule has 0 aliphatic carbocycles. The summed E-state index contributed by atoms with van der Waals surface area (Å²) in [5.41, 5.74) is 1.92. The highest BCUT2D eigenvalue weighted by Crippen LogP contribution is 2.21. The molecular weight excluding hydrogens is 252 g/mol. The summed E-state index contributed by atoms with van der Waals surface area (Å²) in [5.74, 6) is 1.13. The minimum Gasteiger partial charge on any atom is -0.508 e. The Labute approximate surface area is 119 Å². The zero-order valence-electron chi connectivity index (χ0n) is 11.8. The Morgan fingerprint density at radius 2 is 1.50 bits per heavy atom. The zero-order chi connectivity index (χ0) is 14.4. The smallest absolute Gasteiger partial charge is 0.119 e. The van der Waals surface area contributed by atoms with Crippen LogP contribution in [0.5, 0.6) is 11.5 Å². The van der Waals surface area contributed by atoms with Crippen molar-refractivity contribution in [1.82, 2.24) is 4.90 Å². The van der Waals surface area contributed by atoms with Crippen molar-refractivity contribution < 1.29 is 9.84 Å². The number of rotatable bonds is 6. The van der Waals surface area contributed by atoms with Crippen molar-refractivity contribution in [2.75, 3.05) is 32.6 Å². The maximum absolute atomic E-state index is 9.23. The summed E-state index contributed by atoms with van der Waals surface area (Å²) in [6.07, 6.45) is 0. The van der Waals surface area contributed by atoms with Crippen LogP contribution in [0.4, 0.5) is 11.4 Å². The van der Waals surface area contributed by atoms with E-state index >= 15 is 0 Å². The molecule has 106 valence electrons. The normalized spacial score (nSPS) is 10.6. The lowest BCUT2D eigenvalue weighted by atomic mass is 10.2. The van der Waals surface area contributed by atoms with E-state index in [4.69, 9.17) is 4.74 Å². The van der Waals surface area contributed by atoms with E-state index in [2.05, 4.69) is 10.2 Å². The number of hydrogen-bond acceptors (Lipinski definition) is 4. The van der Waals surface area contributed by atoms with Crippen LogP contribution >= 0.6 is 0 Å². The third-order valence-corrected chi connectivity index (χ3v) is 2.82. The first-order valence-corrected chi connectivity index (χ1v) is 6.57.